The summed E-state index contributed by atoms with van der Waals surface area (Å²) in [6.45, 7) is 1.18. The second kappa shape index (κ2) is 8.59. The molecule has 2 N–H and O–H groups in total. The van der Waals surface area contributed by atoms with E-state index in [1.807, 2.05) is 29.2 Å². The first-order valence-corrected chi connectivity index (χ1v) is 7.28. The third kappa shape index (κ3) is 4.85. The van der Waals surface area contributed by atoms with E-state index in [4.69, 9.17) is 22.1 Å². The van der Waals surface area contributed by atoms with E-state index in [9.17, 15) is 4.79 Å². The number of hydrogen-bond acceptors (Lipinski definition) is 3. The molecule has 0 radical (unpaired) electrons. The first kappa shape index (κ1) is 18.2. The molecular formula is C15H22Cl2N2O2. The van der Waals surface area contributed by atoms with Crippen molar-refractivity contribution in [2.45, 2.75) is 31.4 Å². The average Bonchev–Trinajstić information content (AvgIpc) is 2.46. The second-order valence-electron chi connectivity index (χ2n) is 5.17. The highest BCUT2D eigenvalue weighted by Crippen LogP contribution is 2.20. The molecule has 0 aliphatic carbocycles. The minimum atomic E-state index is 0. The quantitative estimate of drug-likeness (QED) is 0.920. The summed E-state index contributed by atoms with van der Waals surface area (Å²) in [7, 11) is 1.71. The Bertz CT molecular complexity index is 471. The molecule has 0 bridgehead atoms. The van der Waals surface area contributed by atoms with E-state index in [1.54, 1.807) is 7.11 Å². The summed E-state index contributed by atoms with van der Waals surface area (Å²) in [5, 5.41) is 0.656. The third-order valence-corrected chi connectivity index (χ3v) is 4.07. The minimum Gasteiger partial charge on any atom is -0.381 e. The van der Waals surface area contributed by atoms with Gasteiger partial charge < -0.3 is 15.4 Å². The van der Waals surface area contributed by atoms with Gasteiger partial charge in [-0.2, -0.15) is 0 Å². The number of hydrogen-bond donors (Lipinski definition) is 1. The van der Waals surface area contributed by atoms with Crippen LogP contribution in [0.5, 0.6) is 0 Å². The first-order chi connectivity index (χ1) is 9.63. The molecule has 1 heterocycles. The van der Waals surface area contributed by atoms with Crippen molar-refractivity contribution in [3.63, 3.8) is 0 Å². The van der Waals surface area contributed by atoms with Gasteiger partial charge in [0, 0.05) is 31.3 Å². The number of carbonyl (C=O) groups is 1. The molecule has 2 unspecified atom stereocenters. The summed E-state index contributed by atoms with van der Waals surface area (Å²) in [6, 6.07) is 7.49. The van der Waals surface area contributed by atoms with Crippen LogP contribution in [0.25, 0.3) is 0 Å². The van der Waals surface area contributed by atoms with Crippen LogP contribution >= 0.6 is 24.0 Å². The van der Waals surface area contributed by atoms with Gasteiger partial charge in [-0.05, 0) is 30.5 Å². The number of piperidine rings is 1. The molecule has 118 valence electrons. The largest absolute Gasteiger partial charge is 0.381 e. The maximum Gasteiger partial charge on any atom is 0.227 e. The second-order valence-corrected chi connectivity index (χ2v) is 5.60. The van der Waals surface area contributed by atoms with Crippen LogP contribution in [0.15, 0.2) is 24.3 Å². The normalized spacial score (nSPS) is 21.8. The summed E-state index contributed by atoms with van der Waals surface area (Å²) in [5.41, 5.74) is 6.73. The highest BCUT2D eigenvalue weighted by Gasteiger charge is 2.30. The van der Waals surface area contributed by atoms with Gasteiger partial charge in [-0.15, -0.1) is 12.4 Å². The predicted molar refractivity (Wildman–Crippen MR) is 87.0 cm³/mol. The minimum absolute atomic E-state index is 0. The summed E-state index contributed by atoms with van der Waals surface area (Å²) in [5.74, 6) is 0.109. The summed E-state index contributed by atoms with van der Waals surface area (Å²) >= 11 is 5.95. The van der Waals surface area contributed by atoms with Crippen LogP contribution in [-0.4, -0.2) is 43.2 Å². The fraction of sp³-hybridized carbons (Fsp3) is 0.533. The van der Waals surface area contributed by atoms with Crippen LogP contribution < -0.4 is 5.73 Å². The molecule has 2 rings (SSSR count). The highest BCUT2D eigenvalue weighted by molar-refractivity contribution is 6.30. The summed E-state index contributed by atoms with van der Waals surface area (Å²) in [4.78, 5) is 14.3. The maximum atomic E-state index is 12.4. The smallest absolute Gasteiger partial charge is 0.227 e. The Kier molecular flexibility index (Phi) is 7.46. The van der Waals surface area contributed by atoms with Crippen LogP contribution in [0.2, 0.25) is 5.02 Å². The van der Waals surface area contributed by atoms with Crippen molar-refractivity contribution in [1.82, 2.24) is 4.90 Å². The van der Waals surface area contributed by atoms with Gasteiger partial charge >= 0.3 is 0 Å². The average molecular weight is 333 g/mol. The van der Waals surface area contributed by atoms with E-state index >= 15 is 0 Å². The lowest BCUT2D eigenvalue weighted by molar-refractivity contribution is -0.136. The number of benzene rings is 1. The monoisotopic (exact) mass is 332 g/mol. The molecule has 1 saturated heterocycles. The van der Waals surface area contributed by atoms with Crippen molar-refractivity contribution in [3.05, 3.63) is 34.9 Å². The van der Waals surface area contributed by atoms with Crippen molar-refractivity contribution in [3.8, 4) is 0 Å². The Balaban J connectivity index is 0.00000220. The third-order valence-electron chi connectivity index (χ3n) is 3.84. The maximum absolute atomic E-state index is 12.4. The lowest BCUT2D eigenvalue weighted by Gasteiger charge is -2.38. The topological polar surface area (TPSA) is 55.6 Å². The Hall–Kier alpha value is -0.810. The number of nitrogens with zero attached hydrogens (tertiary/aromatic N) is 1. The van der Waals surface area contributed by atoms with Gasteiger partial charge in [-0.1, -0.05) is 23.7 Å². The number of methoxy groups -OCH3 is 1. The molecule has 1 fully saturated rings. The number of ether oxygens (including phenoxy) is 1. The number of carbonyl (C=O) groups excluding carboxylic acids is 1. The zero-order chi connectivity index (χ0) is 14.5. The Labute approximate surface area is 137 Å². The van der Waals surface area contributed by atoms with E-state index in [-0.39, 0.29) is 30.5 Å². The predicted octanol–water partition coefficient (Wildman–Crippen LogP) is 2.27. The molecular weight excluding hydrogens is 311 g/mol. The van der Waals surface area contributed by atoms with Gasteiger partial charge in [0.15, 0.2) is 0 Å². The summed E-state index contributed by atoms with van der Waals surface area (Å²) < 4.78 is 5.37. The molecule has 1 aromatic rings. The Morgan fingerprint density at radius 1 is 1.52 bits per heavy atom. The molecule has 21 heavy (non-hydrogen) atoms. The van der Waals surface area contributed by atoms with Gasteiger partial charge in [0.05, 0.1) is 12.5 Å². The fourth-order valence-electron chi connectivity index (χ4n) is 2.70. The molecule has 2 atom stereocenters. The molecule has 6 heteroatoms. The highest BCUT2D eigenvalue weighted by atomic mass is 35.5. The molecule has 1 amide bonds. The van der Waals surface area contributed by atoms with Crippen LogP contribution in [0.1, 0.15) is 18.4 Å². The molecule has 0 saturated carbocycles. The van der Waals surface area contributed by atoms with Gasteiger partial charge in [-0.3, -0.25) is 4.79 Å². The molecule has 1 aliphatic rings. The molecule has 0 spiro atoms. The van der Waals surface area contributed by atoms with Crippen LogP contribution in [0.3, 0.4) is 0 Å². The Morgan fingerprint density at radius 2 is 2.29 bits per heavy atom. The van der Waals surface area contributed by atoms with Crippen LogP contribution in [0, 0.1) is 0 Å². The van der Waals surface area contributed by atoms with E-state index in [0.717, 1.165) is 18.4 Å². The van der Waals surface area contributed by atoms with Crippen molar-refractivity contribution in [2.24, 2.45) is 5.73 Å². The number of halogens is 2. The van der Waals surface area contributed by atoms with Gasteiger partial charge in [-0.25, -0.2) is 0 Å². The number of amides is 1. The van der Waals surface area contributed by atoms with Gasteiger partial charge in [0.2, 0.25) is 5.91 Å². The fourth-order valence-corrected chi connectivity index (χ4v) is 2.92. The van der Waals surface area contributed by atoms with Gasteiger partial charge in [0.25, 0.3) is 0 Å². The molecule has 1 aliphatic heterocycles. The van der Waals surface area contributed by atoms with Crippen LogP contribution in [-0.2, 0) is 16.0 Å². The van der Waals surface area contributed by atoms with E-state index in [0.29, 0.717) is 24.5 Å². The standard InChI is InChI=1S/C15H21ClN2O2.ClH/c1-20-14-5-6-18(13(9-14)10-17)15(19)8-11-3-2-4-12(16)7-11;/h2-4,7,13-14H,5-6,8-10,17H2,1H3;1H. The zero-order valence-electron chi connectivity index (χ0n) is 12.1. The van der Waals surface area contributed by atoms with E-state index < -0.39 is 0 Å². The van der Waals surface area contributed by atoms with E-state index in [1.165, 1.54) is 0 Å². The lowest BCUT2D eigenvalue weighted by atomic mass is 9.98. The van der Waals surface area contributed by atoms with Gasteiger partial charge in [0.1, 0.15) is 0 Å². The lowest BCUT2D eigenvalue weighted by Crippen LogP contribution is -2.51. The zero-order valence-corrected chi connectivity index (χ0v) is 13.7. The Morgan fingerprint density at radius 3 is 2.90 bits per heavy atom. The van der Waals surface area contributed by atoms with Crippen molar-refractivity contribution in [2.75, 3.05) is 20.2 Å². The van der Waals surface area contributed by atoms with Crippen molar-refractivity contribution < 1.29 is 9.53 Å². The van der Waals surface area contributed by atoms with Crippen molar-refractivity contribution in [1.29, 1.82) is 0 Å². The molecule has 4 nitrogen and oxygen atoms in total. The molecule has 1 aromatic carbocycles. The summed E-state index contributed by atoms with van der Waals surface area (Å²) in [6.07, 6.45) is 2.26. The number of rotatable bonds is 4. The van der Waals surface area contributed by atoms with Crippen molar-refractivity contribution >= 4 is 29.9 Å². The van der Waals surface area contributed by atoms with E-state index in [2.05, 4.69) is 0 Å². The first-order valence-electron chi connectivity index (χ1n) is 6.90. The number of nitrogens with two attached hydrogens (primary N) is 1. The SMILES string of the molecule is COC1CCN(C(=O)Cc2cccc(Cl)c2)C(CN)C1.Cl. The number of likely N-dealkylation sites (tertiary alicyclic amines) is 1. The molecule has 0 aromatic heterocycles. The van der Waals surface area contributed by atoms with Crippen LogP contribution in [0.4, 0.5) is 0 Å².